The minimum atomic E-state index is 0. The first-order valence-corrected chi connectivity index (χ1v) is 9.15. The van der Waals surface area contributed by atoms with E-state index in [4.69, 9.17) is 4.74 Å². The SMILES string of the molecule is CCCOc1ccc(C(=O)CCN2CCC(C)CC2)cc1CC.Cl. The summed E-state index contributed by atoms with van der Waals surface area (Å²) in [5, 5.41) is 0. The summed E-state index contributed by atoms with van der Waals surface area (Å²) in [6, 6.07) is 5.90. The molecule has 0 saturated carbocycles. The number of halogens is 1. The van der Waals surface area contributed by atoms with Crippen LogP contribution >= 0.6 is 12.4 Å². The predicted molar refractivity (Wildman–Crippen MR) is 103 cm³/mol. The second kappa shape index (κ2) is 10.7. The van der Waals surface area contributed by atoms with E-state index in [-0.39, 0.29) is 18.2 Å². The van der Waals surface area contributed by atoms with Gasteiger partial charge in [-0.15, -0.1) is 12.4 Å². The number of benzene rings is 1. The number of aryl methyl sites for hydroxylation is 1. The van der Waals surface area contributed by atoms with Gasteiger partial charge in [-0.1, -0.05) is 20.8 Å². The molecular formula is C20H32ClNO2. The van der Waals surface area contributed by atoms with E-state index in [2.05, 4.69) is 25.7 Å². The molecule has 1 saturated heterocycles. The molecule has 0 bridgehead atoms. The highest BCUT2D eigenvalue weighted by Crippen LogP contribution is 2.22. The predicted octanol–water partition coefficient (Wildman–Crippen LogP) is 4.76. The lowest BCUT2D eigenvalue weighted by molar-refractivity contribution is 0.0952. The number of carbonyl (C=O) groups excluding carboxylic acids is 1. The first-order valence-electron chi connectivity index (χ1n) is 9.15. The van der Waals surface area contributed by atoms with Crippen molar-refractivity contribution >= 4 is 18.2 Å². The number of ether oxygens (including phenoxy) is 1. The Balaban J connectivity index is 0.00000288. The van der Waals surface area contributed by atoms with Gasteiger partial charge >= 0.3 is 0 Å². The molecule has 1 aliphatic heterocycles. The van der Waals surface area contributed by atoms with E-state index in [1.54, 1.807) is 0 Å². The van der Waals surface area contributed by atoms with Gasteiger partial charge < -0.3 is 9.64 Å². The number of carbonyl (C=O) groups is 1. The summed E-state index contributed by atoms with van der Waals surface area (Å²) in [4.78, 5) is 14.9. The first-order chi connectivity index (χ1) is 11.1. The molecule has 0 radical (unpaired) electrons. The Morgan fingerprint density at radius 1 is 1.25 bits per heavy atom. The summed E-state index contributed by atoms with van der Waals surface area (Å²) in [6.45, 7) is 10.4. The van der Waals surface area contributed by atoms with E-state index in [9.17, 15) is 4.79 Å². The molecule has 1 heterocycles. The zero-order valence-corrected chi connectivity index (χ0v) is 16.2. The molecule has 0 aliphatic carbocycles. The van der Waals surface area contributed by atoms with Crippen molar-refractivity contribution in [2.75, 3.05) is 26.2 Å². The molecule has 4 heteroatoms. The molecule has 0 aromatic heterocycles. The van der Waals surface area contributed by atoms with E-state index in [0.717, 1.165) is 61.9 Å². The molecule has 1 aliphatic rings. The van der Waals surface area contributed by atoms with Crippen LogP contribution in [0.5, 0.6) is 5.75 Å². The number of Topliss-reactive ketones (excluding diaryl/α,β-unsaturated/α-hetero) is 1. The Morgan fingerprint density at radius 2 is 1.96 bits per heavy atom. The van der Waals surface area contributed by atoms with Crippen LogP contribution in [0, 0.1) is 5.92 Å². The fraction of sp³-hybridized carbons (Fsp3) is 0.650. The quantitative estimate of drug-likeness (QED) is 0.631. The van der Waals surface area contributed by atoms with Crippen LogP contribution in [0.3, 0.4) is 0 Å². The molecule has 3 nitrogen and oxygen atoms in total. The monoisotopic (exact) mass is 353 g/mol. The topological polar surface area (TPSA) is 29.5 Å². The minimum Gasteiger partial charge on any atom is -0.493 e. The molecule has 1 aromatic rings. The summed E-state index contributed by atoms with van der Waals surface area (Å²) in [7, 11) is 0. The average molecular weight is 354 g/mol. The number of piperidine rings is 1. The largest absolute Gasteiger partial charge is 0.493 e. The first kappa shape index (κ1) is 21.0. The lowest BCUT2D eigenvalue weighted by Gasteiger charge is -2.29. The summed E-state index contributed by atoms with van der Waals surface area (Å²) in [5.74, 6) is 2.01. The summed E-state index contributed by atoms with van der Waals surface area (Å²) in [5.41, 5.74) is 1.96. The van der Waals surface area contributed by atoms with E-state index in [1.165, 1.54) is 12.8 Å². The molecule has 136 valence electrons. The number of ketones is 1. The van der Waals surface area contributed by atoms with Crippen molar-refractivity contribution in [3.05, 3.63) is 29.3 Å². The highest BCUT2D eigenvalue weighted by Gasteiger charge is 2.17. The fourth-order valence-electron chi connectivity index (χ4n) is 3.07. The zero-order chi connectivity index (χ0) is 16.7. The van der Waals surface area contributed by atoms with Crippen LogP contribution in [-0.4, -0.2) is 36.9 Å². The van der Waals surface area contributed by atoms with Crippen LogP contribution in [0.4, 0.5) is 0 Å². The van der Waals surface area contributed by atoms with Gasteiger partial charge in [0.25, 0.3) is 0 Å². The lowest BCUT2D eigenvalue weighted by Crippen LogP contribution is -2.34. The van der Waals surface area contributed by atoms with Crippen molar-refractivity contribution < 1.29 is 9.53 Å². The van der Waals surface area contributed by atoms with Crippen LogP contribution in [0.15, 0.2) is 18.2 Å². The van der Waals surface area contributed by atoms with Crippen molar-refractivity contribution in [2.24, 2.45) is 5.92 Å². The van der Waals surface area contributed by atoms with Crippen LogP contribution in [-0.2, 0) is 6.42 Å². The average Bonchev–Trinajstić information content (AvgIpc) is 2.59. The number of hydrogen-bond acceptors (Lipinski definition) is 3. The van der Waals surface area contributed by atoms with Crippen molar-refractivity contribution in [1.82, 2.24) is 4.90 Å². The van der Waals surface area contributed by atoms with Gasteiger partial charge in [0, 0.05) is 18.5 Å². The van der Waals surface area contributed by atoms with Gasteiger partial charge in [0.15, 0.2) is 5.78 Å². The van der Waals surface area contributed by atoms with E-state index < -0.39 is 0 Å². The summed E-state index contributed by atoms with van der Waals surface area (Å²) < 4.78 is 5.76. The highest BCUT2D eigenvalue weighted by molar-refractivity contribution is 5.96. The maximum absolute atomic E-state index is 12.5. The van der Waals surface area contributed by atoms with Crippen LogP contribution in [0.2, 0.25) is 0 Å². The van der Waals surface area contributed by atoms with E-state index in [0.29, 0.717) is 6.42 Å². The van der Waals surface area contributed by atoms with Gasteiger partial charge in [0.1, 0.15) is 5.75 Å². The number of likely N-dealkylation sites (tertiary alicyclic amines) is 1. The molecule has 2 rings (SSSR count). The van der Waals surface area contributed by atoms with Crippen molar-refractivity contribution in [2.45, 2.75) is 52.9 Å². The number of rotatable bonds is 8. The second-order valence-corrected chi connectivity index (χ2v) is 6.72. The molecule has 0 unspecified atom stereocenters. The zero-order valence-electron chi connectivity index (χ0n) is 15.3. The van der Waals surface area contributed by atoms with E-state index >= 15 is 0 Å². The van der Waals surface area contributed by atoms with Gasteiger partial charge in [-0.2, -0.15) is 0 Å². The van der Waals surface area contributed by atoms with Gasteiger partial charge in [-0.25, -0.2) is 0 Å². The fourth-order valence-corrected chi connectivity index (χ4v) is 3.07. The maximum Gasteiger partial charge on any atom is 0.164 e. The van der Waals surface area contributed by atoms with Gasteiger partial charge in [-0.05, 0) is 68.5 Å². The molecule has 0 amide bonds. The van der Waals surface area contributed by atoms with Crippen molar-refractivity contribution in [1.29, 1.82) is 0 Å². The summed E-state index contributed by atoms with van der Waals surface area (Å²) in [6.07, 6.45) is 5.03. The standard InChI is InChI=1S/C20H31NO2.ClH/c1-4-14-23-20-7-6-18(15-17(20)5-2)19(22)10-13-21-11-8-16(3)9-12-21;/h6-7,15-16H,4-5,8-14H2,1-3H3;1H. The van der Waals surface area contributed by atoms with Crippen LogP contribution < -0.4 is 4.74 Å². The Labute approximate surface area is 153 Å². The van der Waals surface area contributed by atoms with Gasteiger partial charge in [0.2, 0.25) is 0 Å². The smallest absolute Gasteiger partial charge is 0.164 e. The molecule has 0 N–H and O–H groups in total. The Bertz CT molecular complexity index is 510. The normalized spacial score (nSPS) is 15.8. The Morgan fingerprint density at radius 3 is 2.58 bits per heavy atom. The Hall–Kier alpha value is -1.06. The second-order valence-electron chi connectivity index (χ2n) is 6.72. The third-order valence-corrected chi connectivity index (χ3v) is 4.76. The third-order valence-electron chi connectivity index (χ3n) is 4.76. The molecule has 24 heavy (non-hydrogen) atoms. The van der Waals surface area contributed by atoms with E-state index in [1.807, 2.05) is 18.2 Å². The van der Waals surface area contributed by atoms with Gasteiger partial charge in [-0.3, -0.25) is 4.79 Å². The van der Waals surface area contributed by atoms with Crippen LogP contribution in [0.1, 0.15) is 62.4 Å². The number of hydrogen-bond donors (Lipinski definition) is 0. The summed E-state index contributed by atoms with van der Waals surface area (Å²) >= 11 is 0. The van der Waals surface area contributed by atoms with Gasteiger partial charge in [0.05, 0.1) is 6.61 Å². The number of nitrogens with zero attached hydrogens (tertiary/aromatic N) is 1. The highest BCUT2D eigenvalue weighted by atomic mass is 35.5. The molecule has 0 spiro atoms. The minimum absolute atomic E-state index is 0. The molecular weight excluding hydrogens is 322 g/mol. The molecule has 1 fully saturated rings. The maximum atomic E-state index is 12.5. The van der Waals surface area contributed by atoms with Crippen molar-refractivity contribution in [3.8, 4) is 5.75 Å². The van der Waals surface area contributed by atoms with Crippen LogP contribution in [0.25, 0.3) is 0 Å². The van der Waals surface area contributed by atoms with Crippen molar-refractivity contribution in [3.63, 3.8) is 0 Å². The molecule has 0 atom stereocenters. The Kier molecular flexibility index (Phi) is 9.38. The lowest BCUT2D eigenvalue weighted by atomic mass is 9.98. The third kappa shape index (κ3) is 6.10. The molecule has 1 aromatic carbocycles.